The van der Waals surface area contributed by atoms with E-state index in [-0.39, 0.29) is 11.1 Å². The summed E-state index contributed by atoms with van der Waals surface area (Å²) in [4.78, 5) is 31.2. The van der Waals surface area contributed by atoms with Crippen LogP contribution in [-0.4, -0.2) is 22.3 Å². The Labute approximate surface area is 90.7 Å². The topological polar surface area (TPSA) is 97.5 Å². The summed E-state index contributed by atoms with van der Waals surface area (Å²) in [5.74, 6) is -1.18. The molecule has 0 aliphatic heterocycles. The van der Waals surface area contributed by atoms with Gasteiger partial charge in [-0.25, -0.2) is 0 Å². The Morgan fingerprint density at radius 2 is 2.19 bits per heavy atom. The van der Waals surface area contributed by atoms with Crippen LogP contribution in [-0.2, 0) is 11.2 Å². The third-order valence-corrected chi connectivity index (χ3v) is 2.01. The highest BCUT2D eigenvalue weighted by molar-refractivity contribution is 5.84. The Kier molecular flexibility index (Phi) is 3.34. The first-order valence-electron chi connectivity index (χ1n) is 4.40. The van der Waals surface area contributed by atoms with Gasteiger partial charge in [0.05, 0.1) is 16.9 Å². The molecule has 0 radical (unpaired) electrons. The second kappa shape index (κ2) is 4.52. The second-order valence-corrected chi connectivity index (χ2v) is 3.31. The molecule has 0 aromatic heterocycles. The quantitative estimate of drug-likeness (QED) is 0.472. The van der Waals surface area contributed by atoms with E-state index in [9.17, 15) is 19.7 Å². The fraction of sp³-hybridized carbons (Fsp3) is 0.200. The van der Waals surface area contributed by atoms with E-state index in [4.69, 9.17) is 5.11 Å². The lowest BCUT2D eigenvalue weighted by atomic mass is 10.0. The molecule has 0 saturated heterocycles. The van der Waals surface area contributed by atoms with Crippen LogP contribution >= 0.6 is 0 Å². The SMILES string of the molecule is Cc1cc(C=O)c([N+](=O)[O-])c(CC(=O)O)c1. The van der Waals surface area contributed by atoms with E-state index < -0.39 is 23.0 Å². The predicted octanol–water partition coefficient (Wildman–Crippen LogP) is 1.34. The number of rotatable bonds is 4. The summed E-state index contributed by atoms with van der Waals surface area (Å²) in [5, 5.41) is 19.4. The minimum atomic E-state index is -1.18. The van der Waals surface area contributed by atoms with Crippen LogP contribution in [0.3, 0.4) is 0 Å². The van der Waals surface area contributed by atoms with E-state index in [1.165, 1.54) is 12.1 Å². The summed E-state index contributed by atoms with van der Waals surface area (Å²) in [6.45, 7) is 1.64. The predicted molar refractivity (Wildman–Crippen MR) is 54.6 cm³/mol. The van der Waals surface area contributed by atoms with Crippen molar-refractivity contribution in [2.24, 2.45) is 0 Å². The largest absolute Gasteiger partial charge is 0.481 e. The molecule has 6 nitrogen and oxygen atoms in total. The number of nitrogens with zero attached hydrogens (tertiary/aromatic N) is 1. The van der Waals surface area contributed by atoms with Crippen molar-refractivity contribution in [1.29, 1.82) is 0 Å². The van der Waals surface area contributed by atoms with Crippen LogP contribution in [0.4, 0.5) is 5.69 Å². The van der Waals surface area contributed by atoms with Gasteiger partial charge in [-0.3, -0.25) is 19.7 Å². The highest BCUT2D eigenvalue weighted by Gasteiger charge is 2.21. The molecule has 84 valence electrons. The molecule has 0 unspecified atom stereocenters. The number of benzene rings is 1. The number of hydrogen-bond acceptors (Lipinski definition) is 4. The molecule has 1 rings (SSSR count). The van der Waals surface area contributed by atoms with Crippen LogP contribution in [0, 0.1) is 17.0 Å². The van der Waals surface area contributed by atoms with Gasteiger partial charge in [-0.2, -0.15) is 0 Å². The lowest BCUT2D eigenvalue weighted by Gasteiger charge is -2.04. The maximum absolute atomic E-state index is 10.7. The Morgan fingerprint density at radius 3 is 2.62 bits per heavy atom. The number of carbonyl (C=O) groups excluding carboxylic acids is 1. The first kappa shape index (κ1) is 11.8. The Bertz CT molecular complexity index is 467. The van der Waals surface area contributed by atoms with Crippen LogP contribution in [0.1, 0.15) is 21.5 Å². The average molecular weight is 223 g/mol. The number of nitro groups is 1. The van der Waals surface area contributed by atoms with Crippen LogP contribution in [0.25, 0.3) is 0 Å². The number of hydrogen-bond donors (Lipinski definition) is 1. The van der Waals surface area contributed by atoms with Gasteiger partial charge in [-0.05, 0) is 24.6 Å². The minimum absolute atomic E-state index is 0.0413. The van der Waals surface area contributed by atoms with Gasteiger partial charge >= 0.3 is 5.97 Å². The first-order chi connectivity index (χ1) is 7.45. The number of nitro benzene ring substituents is 1. The molecule has 1 N–H and O–H groups in total. The fourth-order valence-corrected chi connectivity index (χ4v) is 1.49. The van der Waals surface area contributed by atoms with E-state index in [1.54, 1.807) is 6.92 Å². The van der Waals surface area contributed by atoms with Crippen LogP contribution < -0.4 is 0 Å². The lowest BCUT2D eigenvalue weighted by Crippen LogP contribution is -2.06. The summed E-state index contributed by atoms with van der Waals surface area (Å²) in [6, 6.07) is 2.76. The zero-order chi connectivity index (χ0) is 12.3. The van der Waals surface area contributed by atoms with Gasteiger partial charge < -0.3 is 5.11 Å². The van der Waals surface area contributed by atoms with Crippen molar-refractivity contribution < 1.29 is 19.6 Å². The highest BCUT2D eigenvalue weighted by Crippen LogP contribution is 2.25. The van der Waals surface area contributed by atoms with Gasteiger partial charge in [0.2, 0.25) is 0 Å². The molecule has 0 saturated carbocycles. The normalized spacial score (nSPS) is 9.81. The van der Waals surface area contributed by atoms with Crippen molar-refractivity contribution in [3.63, 3.8) is 0 Å². The Hall–Kier alpha value is -2.24. The first-order valence-corrected chi connectivity index (χ1v) is 4.40. The number of carboxylic acid groups (broad SMARTS) is 1. The monoisotopic (exact) mass is 223 g/mol. The molecule has 16 heavy (non-hydrogen) atoms. The number of aryl methyl sites for hydroxylation is 1. The maximum Gasteiger partial charge on any atom is 0.308 e. The molecule has 0 atom stereocenters. The maximum atomic E-state index is 10.7. The van der Waals surface area contributed by atoms with Gasteiger partial charge in [0.1, 0.15) is 0 Å². The van der Waals surface area contributed by atoms with Crippen molar-refractivity contribution in [1.82, 2.24) is 0 Å². The lowest BCUT2D eigenvalue weighted by molar-refractivity contribution is -0.385. The van der Waals surface area contributed by atoms with E-state index in [1.807, 2.05) is 0 Å². The zero-order valence-electron chi connectivity index (χ0n) is 8.47. The molecule has 1 aromatic rings. The summed E-state index contributed by atoms with van der Waals surface area (Å²) < 4.78 is 0. The number of carboxylic acids is 1. The number of aldehydes is 1. The van der Waals surface area contributed by atoms with E-state index in [0.717, 1.165) is 0 Å². The van der Waals surface area contributed by atoms with Gasteiger partial charge in [-0.1, -0.05) is 0 Å². The fourth-order valence-electron chi connectivity index (χ4n) is 1.49. The minimum Gasteiger partial charge on any atom is -0.481 e. The molecule has 0 bridgehead atoms. The molecular weight excluding hydrogens is 214 g/mol. The van der Waals surface area contributed by atoms with Crippen molar-refractivity contribution in [2.45, 2.75) is 13.3 Å². The third kappa shape index (κ3) is 2.41. The van der Waals surface area contributed by atoms with Crippen molar-refractivity contribution in [3.05, 3.63) is 38.9 Å². The van der Waals surface area contributed by atoms with Gasteiger partial charge in [0, 0.05) is 5.56 Å². The summed E-state index contributed by atoms with van der Waals surface area (Å²) in [5.41, 5.74) is 0.132. The van der Waals surface area contributed by atoms with E-state index >= 15 is 0 Å². The standard InChI is InChI=1S/C10H9NO5/c1-6-2-7(4-9(13)14)10(11(15)16)8(3-6)5-12/h2-3,5H,4H2,1H3,(H,13,14). The summed E-state index contributed by atoms with van der Waals surface area (Å²) >= 11 is 0. The van der Waals surface area contributed by atoms with Crippen LogP contribution in [0.5, 0.6) is 0 Å². The summed E-state index contributed by atoms with van der Waals surface area (Å²) in [7, 11) is 0. The molecule has 1 aromatic carbocycles. The van der Waals surface area contributed by atoms with Gasteiger partial charge in [0.25, 0.3) is 5.69 Å². The van der Waals surface area contributed by atoms with E-state index in [2.05, 4.69) is 0 Å². The number of carbonyl (C=O) groups is 2. The molecule has 0 heterocycles. The third-order valence-electron chi connectivity index (χ3n) is 2.01. The van der Waals surface area contributed by atoms with Crippen LogP contribution in [0.2, 0.25) is 0 Å². The molecule has 6 heteroatoms. The van der Waals surface area contributed by atoms with Gasteiger partial charge in [-0.15, -0.1) is 0 Å². The number of aliphatic carboxylic acids is 1. The van der Waals surface area contributed by atoms with Crippen LogP contribution in [0.15, 0.2) is 12.1 Å². The molecule has 0 aliphatic carbocycles. The molecular formula is C10H9NO5. The average Bonchev–Trinajstić information content (AvgIpc) is 2.14. The summed E-state index contributed by atoms with van der Waals surface area (Å²) in [6.07, 6.45) is -0.116. The molecule has 0 amide bonds. The zero-order valence-corrected chi connectivity index (χ0v) is 8.47. The van der Waals surface area contributed by atoms with E-state index in [0.29, 0.717) is 11.8 Å². The van der Waals surface area contributed by atoms with Crippen molar-refractivity contribution in [2.75, 3.05) is 0 Å². The highest BCUT2D eigenvalue weighted by atomic mass is 16.6. The Balaban J connectivity index is 3.43. The van der Waals surface area contributed by atoms with Crippen molar-refractivity contribution >= 4 is 17.9 Å². The molecule has 0 aliphatic rings. The second-order valence-electron chi connectivity index (χ2n) is 3.31. The Morgan fingerprint density at radius 1 is 1.56 bits per heavy atom. The van der Waals surface area contributed by atoms with Crippen molar-refractivity contribution in [3.8, 4) is 0 Å². The smallest absolute Gasteiger partial charge is 0.308 e. The van der Waals surface area contributed by atoms with Gasteiger partial charge in [0.15, 0.2) is 6.29 Å². The molecule has 0 fully saturated rings. The molecule has 0 spiro atoms.